The quantitative estimate of drug-likeness (QED) is 0.0394. The van der Waals surface area contributed by atoms with E-state index in [2.05, 4.69) is 378 Å². The van der Waals surface area contributed by atoms with Crippen LogP contribution in [0.3, 0.4) is 0 Å². The first-order chi connectivity index (χ1) is 69.4. The zero-order valence-corrected chi connectivity index (χ0v) is 89.6. The summed E-state index contributed by atoms with van der Waals surface area (Å²) in [4.78, 5) is 0. The van der Waals surface area contributed by atoms with Gasteiger partial charge in [0.05, 0.1) is 0 Å². The predicted molar refractivity (Wildman–Crippen MR) is 613 cm³/mol. The summed E-state index contributed by atoms with van der Waals surface area (Å²) in [6.07, 6.45) is 37.0. The van der Waals surface area contributed by atoms with Crippen LogP contribution in [0.1, 0.15) is 381 Å². The Hall–Kier alpha value is -10.9. The SMILES string of the molecule is CCCCC1(CCCC)c2cc(-c3ccc4c(c3)C(C)(C)c3cc(-c5ccc6c(c5)C(CCC(C)C)(CCC(C)C)c5ccccc5-6)ccc3-4)ccc2-c2ccc(-c3ccc4c(c3)C(C3CCCCC3)(C3CCCCC3)c3cc(-c5ccc6c(c5)C(CCCC)(CCCC)c5cc(-c7ccc8c(c7)C(C)(C)c7cc(-c9ccc%10c(c9)C(CCC(C)C)(CCC(C)C)c9ccccc9-%10)ccc7-8)ccc5-6)ccc3-4)cc21. The fraction of sp³-hybridized carbons (Fsp3) is 0.413. The van der Waals surface area contributed by atoms with Gasteiger partial charge in [-0.2, -0.15) is 0 Å². The molecule has 0 N–H and O–H groups in total. The summed E-state index contributed by atoms with van der Waals surface area (Å²) < 4.78 is 0. The van der Waals surface area contributed by atoms with E-state index in [-0.39, 0.29) is 37.9 Å². The maximum Gasteiger partial charge on any atom is 0.0271 e. The van der Waals surface area contributed by atoms with Gasteiger partial charge in [0, 0.05) is 37.9 Å². The van der Waals surface area contributed by atoms with Crippen LogP contribution < -0.4 is 0 Å². The third-order valence-electron chi connectivity index (χ3n) is 38.7. The molecule has 0 saturated heterocycles. The van der Waals surface area contributed by atoms with Crippen molar-refractivity contribution in [2.75, 3.05) is 0 Å². The van der Waals surface area contributed by atoms with Crippen LogP contribution in [0.5, 0.6) is 0 Å². The van der Waals surface area contributed by atoms with Crippen LogP contribution >= 0.6 is 0 Å². The first-order valence-electron chi connectivity index (χ1n) is 57.4. The van der Waals surface area contributed by atoms with E-state index in [1.54, 1.807) is 55.6 Å². The Balaban J connectivity index is 0.562. The van der Waals surface area contributed by atoms with Crippen LogP contribution in [-0.4, -0.2) is 0 Å². The summed E-state index contributed by atoms with van der Waals surface area (Å²) in [6.45, 7) is 39.0. The lowest BCUT2D eigenvalue weighted by molar-refractivity contribution is 0.137. The van der Waals surface area contributed by atoms with Crippen molar-refractivity contribution in [2.45, 2.75) is 341 Å². The van der Waals surface area contributed by atoms with Crippen molar-refractivity contribution in [3.63, 3.8) is 0 Å². The van der Waals surface area contributed by atoms with Gasteiger partial charge in [0.15, 0.2) is 0 Å². The lowest BCUT2D eigenvalue weighted by Crippen LogP contribution is -2.44. The molecule has 0 spiro atoms. The molecule has 0 heteroatoms. The standard InChI is InChI=1S/C143H158/c1-17-21-71-139(72-22-18-2)129-83-99(95-43-55-111-113-57-45-97(81-127(113)137(13,14)125(111)79-95)101-47-59-115-109-39-31-33-41-123(109)141(133(115)87-101,75-67-91(5)6)76-68-92(7)8)49-61-117(129)119-63-51-103(85-131(119)139)105-53-65-121-122-66-54-106(90-136(122)143(135(121)89-105,107-35-27-25-28-36-107)108-37-29-26-30-38-108)104-52-64-120-118-62-50-100(84-130(118)140(73-23-19-3,74-24-20-4)132(120)86-104)96-44-56-112-114-58-46-98(82-128(114)138(15,16)126(112)80-96)102-48-60-116-110-40-32-34-42-124(110)142(134(116)88-102,77-69-93(9)10)78-70-94(11)12/h31-34,39-66,79-94,107-108H,17-30,35-38,67-78H2,1-16H3. The second kappa shape index (κ2) is 37.5. The van der Waals surface area contributed by atoms with Gasteiger partial charge in [0.25, 0.3) is 0 Å². The number of rotatable bonds is 32. The van der Waals surface area contributed by atoms with Crippen LogP contribution in [0.2, 0.25) is 0 Å². The molecule has 0 heterocycles. The average Bonchev–Trinajstić information content (AvgIpc) is 1.53. The van der Waals surface area contributed by atoms with E-state index in [0.717, 1.165) is 25.7 Å². The zero-order chi connectivity index (χ0) is 98.4. The fourth-order valence-electron chi connectivity index (χ4n) is 31.0. The summed E-state index contributed by atoms with van der Waals surface area (Å²) >= 11 is 0. The van der Waals surface area contributed by atoms with Gasteiger partial charge in [0.2, 0.25) is 0 Å². The van der Waals surface area contributed by atoms with Crippen molar-refractivity contribution in [1.29, 1.82) is 0 Å². The highest BCUT2D eigenvalue weighted by molar-refractivity contribution is 5.96. The number of unbranched alkanes of at least 4 members (excludes halogenated alkanes) is 4. The summed E-state index contributed by atoms with van der Waals surface area (Å²) in [5, 5.41) is 0. The molecule has 730 valence electrons. The topological polar surface area (TPSA) is 0 Å². The second-order valence-electron chi connectivity index (χ2n) is 49.5. The fourth-order valence-corrected chi connectivity index (χ4v) is 31.0. The summed E-state index contributed by atoms with van der Waals surface area (Å²) in [5.41, 5.74) is 57.3. The molecule has 9 aliphatic rings. The molecule has 0 unspecified atom stereocenters. The monoisotopic (exact) mass is 1880 g/mol. The smallest absolute Gasteiger partial charge is 0.0271 e. The molecule has 0 aromatic heterocycles. The van der Waals surface area contributed by atoms with E-state index in [4.69, 9.17) is 0 Å². The average molecular weight is 1880 g/mol. The Morgan fingerprint density at radius 1 is 0.196 bits per heavy atom. The van der Waals surface area contributed by atoms with E-state index in [9.17, 15) is 0 Å². The normalized spacial score (nSPS) is 17.4. The lowest BCUT2D eigenvalue weighted by atomic mass is 9.54. The third kappa shape index (κ3) is 15.5. The van der Waals surface area contributed by atoms with Crippen molar-refractivity contribution in [2.24, 2.45) is 35.5 Å². The molecule has 0 nitrogen and oxygen atoms in total. The van der Waals surface area contributed by atoms with Gasteiger partial charge in [-0.05, 0) is 434 Å². The molecule has 23 rings (SSSR count). The lowest BCUT2D eigenvalue weighted by Gasteiger charge is -2.49. The van der Waals surface area contributed by atoms with E-state index in [1.165, 1.54) is 334 Å². The van der Waals surface area contributed by atoms with Crippen LogP contribution in [0, 0.1) is 35.5 Å². The molecule has 143 heavy (non-hydrogen) atoms. The largest absolute Gasteiger partial charge is 0.0654 e. The van der Waals surface area contributed by atoms with Gasteiger partial charge >= 0.3 is 0 Å². The molecular formula is C143H158. The molecule has 14 aromatic carbocycles. The summed E-state index contributed by atoms with van der Waals surface area (Å²) in [7, 11) is 0. The summed E-state index contributed by atoms with van der Waals surface area (Å²) in [6, 6.07) is 111. The second-order valence-corrected chi connectivity index (χ2v) is 49.5. The Morgan fingerprint density at radius 2 is 0.371 bits per heavy atom. The van der Waals surface area contributed by atoms with Crippen LogP contribution in [0.25, 0.3) is 145 Å². The molecule has 9 aliphatic carbocycles. The first kappa shape index (κ1) is 95.6. The minimum absolute atomic E-state index is 0.0193. The van der Waals surface area contributed by atoms with Gasteiger partial charge in [0.1, 0.15) is 0 Å². The molecular weight excluding hydrogens is 1720 g/mol. The maximum atomic E-state index is 2.82. The van der Waals surface area contributed by atoms with Gasteiger partial charge in [-0.3, -0.25) is 0 Å². The Kier molecular flexibility index (Phi) is 25.1. The molecule has 2 fully saturated rings. The van der Waals surface area contributed by atoms with Crippen molar-refractivity contribution in [1.82, 2.24) is 0 Å². The third-order valence-corrected chi connectivity index (χ3v) is 38.7. The minimum Gasteiger partial charge on any atom is -0.0654 e. The molecule has 0 atom stereocenters. The van der Waals surface area contributed by atoms with Gasteiger partial charge in [-0.15, -0.1) is 0 Å². The zero-order valence-electron chi connectivity index (χ0n) is 89.6. The van der Waals surface area contributed by atoms with Crippen LogP contribution in [0.15, 0.2) is 267 Å². The number of fused-ring (bicyclic) bond motifs is 21. The Labute approximate surface area is 860 Å². The Bertz CT molecular complexity index is 6780. The van der Waals surface area contributed by atoms with Gasteiger partial charge in [-0.25, -0.2) is 0 Å². The molecule has 0 aliphatic heterocycles. The van der Waals surface area contributed by atoms with Crippen LogP contribution in [-0.2, 0) is 37.9 Å². The van der Waals surface area contributed by atoms with E-state index < -0.39 is 0 Å². The number of hydrogen-bond acceptors (Lipinski definition) is 0. The molecule has 0 amide bonds. The van der Waals surface area contributed by atoms with E-state index in [0.29, 0.717) is 35.5 Å². The van der Waals surface area contributed by atoms with Crippen molar-refractivity contribution < 1.29 is 0 Å². The van der Waals surface area contributed by atoms with Crippen molar-refractivity contribution in [3.05, 3.63) is 345 Å². The first-order valence-corrected chi connectivity index (χ1v) is 57.4. The molecule has 0 radical (unpaired) electrons. The van der Waals surface area contributed by atoms with E-state index >= 15 is 0 Å². The maximum absolute atomic E-state index is 2.82. The van der Waals surface area contributed by atoms with Crippen LogP contribution in [0.4, 0.5) is 0 Å². The Morgan fingerprint density at radius 3 is 0.580 bits per heavy atom. The predicted octanol–water partition coefficient (Wildman–Crippen LogP) is 41.3. The molecule has 2 saturated carbocycles. The number of benzene rings is 14. The minimum atomic E-state index is -0.185. The van der Waals surface area contributed by atoms with Gasteiger partial charge in [-0.1, -0.05) is 395 Å². The summed E-state index contributed by atoms with van der Waals surface area (Å²) in [5.74, 6) is 3.77. The van der Waals surface area contributed by atoms with E-state index in [1.807, 2.05) is 0 Å². The number of hydrogen-bond donors (Lipinski definition) is 0. The van der Waals surface area contributed by atoms with Crippen molar-refractivity contribution >= 4 is 0 Å². The highest BCUT2D eigenvalue weighted by atomic mass is 14.6. The molecule has 0 bridgehead atoms. The highest BCUT2D eigenvalue weighted by Gasteiger charge is 2.56. The van der Waals surface area contributed by atoms with Crippen molar-refractivity contribution in [3.8, 4) is 145 Å². The highest BCUT2D eigenvalue weighted by Crippen LogP contribution is 2.67. The van der Waals surface area contributed by atoms with Gasteiger partial charge < -0.3 is 0 Å². The molecule has 14 aromatic rings.